The lowest BCUT2D eigenvalue weighted by Gasteiger charge is -2.18. The predicted molar refractivity (Wildman–Crippen MR) is 99.6 cm³/mol. The Bertz CT molecular complexity index is 392. The second-order valence-corrected chi connectivity index (χ2v) is 10.2. The fraction of sp³-hybridized carbons (Fsp3) is 0.600. The van der Waals surface area contributed by atoms with E-state index < -0.39 is 29.3 Å². The monoisotopic (exact) mass is 342 g/mol. The summed E-state index contributed by atoms with van der Waals surface area (Å²) < 4.78 is 17.9. The summed E-state index contributed by atoms with van der Waals surface area (Å²) in [7, 11) is -2.04. The van der Waals surface area contributed by atoms with Gasteiger partial charge in [0.15, 0.2) is 29.3 Å². The van der Waals surface area contributed by atoms with Crippen molar-refractivity contribution >= 4 is 44.8 Å². The average molecular weight is 343 g/mol. The smallest absolute Gasteiger partial charge is 0.192 e. The first-order chi connectivity index (χ1) is 9.90. The number of rotatable bonds is 9. The Morgan fingerprint density at radius 3 is 1.43 bits per heavy atom. The second kappa shape index (κ2) is 9.70. The van der Waals surface area contributed by atoms with Crippen LogP contribution < -0.4 is 15.6 Å². The summed E-state index contributed by atoms with van der Waals surface area (Å²) in [5.74, 6) is 0. The Morgan fingerprint density at radius 2 is 1.05 bits per heavy atom. The van der Waals surface area contributed by atoms with E-state index in [1.807, 2.05) is 0 Å². The largest absolute Gasteiger partial charge is 0.416 e. The van der Waals surface area contributed by atoms with E-state index >= 15 is 0 Å². The van der Waals surface area contributed by atoms with Gasteiger partial charge < -0.3 is 13.3 Å². The molecular weight excluding hydrogens is 312 g/mol. The Morgan fingerprint density at radius 1 is 0.667 bits per heavy atom. The third kappa shape index (κ3) is 7.53. The maximum absolute atomic E-state index is 6.00. The molecule has 1 aromatic carbocycles. The molecule has 0 spiro atoms. The molecule has 3 nitrogen and oxygen atoms in total. The zero-order chi connectivity index (χ0) is 15.8. The maximum Gasteiger partial charge on any atom is 0.192 e. The van der Waals surface area contributed by atoms with E-state index in [2.05, 4.69) is 59.7 Å². The van der Waals surface area contributed by atoms with Crippen molar-refractivity contribution in [3.63, 3.8) is 0 Å². The molecule has 0 aromatic heterocycles. The molecule has 0 radical (unpaired) electrons. The highest BCUT2D eigenvalue weighted by Crippen LogP contribution is 1.90. The van der Waals surface area contributed by atoms with Gasteiger partial charge in [-0.05, 0) is 57.1 Å². The Kier molecular flexibility index (Phi) is 8.69. The number of benzene rings is 1. The highest BCUT2D eigenvalue weighted by Gasteiger charge is 2.12. The third-order valence-corrected chi connectivity index (χ3v) is 9.72. The van der Waals surface area contributed by atoms with E-state index in [0.717, 1.165) is 0 Å². The first-order valence-electron chi connectivity index (χ1n) is 7.84. The van der Waals surface area contributed by atoms with Gasteiger partial charge in [0.05, 0.1) is 0 Å². The summed E-state index contributed by atoms with van der Waals surface area (Å²) in [4.78, 5) is 0. The minimum Gasteiger partial charge on any atom is -0.416 e. The van der Waals surface area contributed by atoms with Gasteiger partial charge in [-0.15, -0.1) is 0 Å². The van der Waals surface area contributed by atoms with E-state index in [1.165, 1.54) is 15.6 Å². The van der Waals surface area contributed by atoms with E-state index in [1.54, 1.807) is 0 Å². The van der Waals surface area contributed by atoms with Gasteiger partial charge in [-0.2, -0.15) is 0 Å². The van der Waals surface area contributed by atoms with Gasteiger partial charge in [-0.25, -0.2) is 0 Å². The van der Waals surface area contributed by atoms with Crippen molar-refractivity contribution in [1.82, 2.24) is 0 Å². The maximum atomic E-state index is 6.00. The lowest BCUT2D eigenvalue weighted by Crippen LogP contribution is -2.50. The molecule has 0 aliphatic carbocycles. The van der Waals surface area contributed by atoms with E-state index in [-0.39, 0.29) is 0 Å². The lowest BCUT2D eigenvalue weighted by molar-refractivity contribution is 0.258. The lowest BCUT2D eigenvalue weighted by atomic mass is 10.3. The first-order valence-corrected chi connectivity index (χ1v) is 11.7. The Hall–Kier alpha value is -0.249. The summed E-state index contributed by atoms with van der Waals surface area (Å²) in [6, 6.07) is 6.62. The molecule has 0 bridgehead atoms. The number of hydrogen-bond donors (Lipinski definition) is 0. The Balaban J connectivity index is 2.90. The van der Waals surface area contributed by atoms with E-state index in [4.69, 9.17) is 13.3 Å². The highest BCUT2D eigenvalue weighted by molar-refractivity contribution is 6.68. The molecule has 0 aliphatic heterocycles. The van der Waals surface area contributed by atoms with Gasteiger partial charge in [0.2, 0.25) is 0 Å². The minimum atomic E-state index is -0.697. The van der Waals surface area contributed by atoms with Gasteiger partial charge in [0, 0.05) is 18.3 Å². The number of hydrogen-bond acceptors (Lipinski definition) is 3. The molecule has 0 saturated heterocycles. The van der Waals surface area contributed by atoms with Crippen LogP contribution in [0.5, 0.6) is 0 Å². The van der Waals surface area contributed by atoms with E-state index in [0.29, 0.717) is 18.3 Å². The first kappa shape index (κ1) is 18.8. The fourth-order valence-electron chi connectivity index (χ4n) is 1.91. The predicted octanol–water partition coefficient (Wildman–Crippen LogP) is -0.911. The second-order valence-electron chi connectivity index (χ2n) is 6.13. The van der Waals surface area contributed by atoms with Gasteiger partial charge in [0.1, 0.15) is 0 Å². The van der Waals surface area contributed by atoms with Crippen LogP contribution in [0.25, 0.3) is 0 Å². The van der Waals surface area contributed by atoms with Crippen molar-refractivity contribution in [2.75, 3.05) is 0 Å². The minimum absolute atomic E-state index is 0.304. The topological polar surface area (TPSA) is 27.7 Å². The molecule has 0 saturated carbocycles. The van der Waals surface area contributed by atoms with Crippen LogP contribution in [0.4, 0.5) is 0 Å². The quantitative estimate of drug-likeness (QED) is 0.544. The summed E-state index contributed by atoms with van der Waals surface area (Å²) in [5, 5.41) is 4.31. The van der Waals surface area contributed by atoms with Crippen LogP contribution in [0.2, 0.25) is 0 Å². The van der Waals surface area contributed by atoms with Crippen LogP contribution in [0.1, 0.15) is 41.5 Å². The SMILES string of the molecule is CC(C)O[SiH2]c1cccc([SiH2]OC(C)C)c1[SiH2]OC(C)C. The summed E-state index contributed by atoms with van der Waals surface area (Å²) >= 11 is 0. The molecule has 6 heteroatoms. The van der Waals surface area contributed by atoms with E-state index in [9.17, 15) is 0 Å². The van der Waals surface area contributed by atoms with Crippen molar-refractivity contribution in [2.24, 2.45) is 0 Å². The van der Waals surface area contributed by atoms with Crippen LogP contribution in [-0.4, -0.2) is 47.6 Å². The molecule has 0 amide bonds. The van der Waals surface area contributed by atoms with Gasteiger partial charge in [0.25, 0.3) is 0 Å². The average Bonchev–Trinajstić information content (AvgIpc) is 2.40. The zero-order valence-electron chi connectivity index (χ0n) is 14.3. The van der Waals surface area contributed by atoms with Crippen molar-refractivity contribution in [2.45, 2.75) is 59.9 Å². The summed E-state index contributed by atoms with van der Waals surface area (Å²) in [6.45, 7) is 12.6. The molecule has 21 heavy (non-hydrogen) atoms. The third-order valence-electron chi connectivity index (χ3n) is 3.08. The van der Waals surface area contributed by atoms with Crippen LogP contribution in [0, 0.1) is 0 Å². The Labute approximate surface area is 136 Å². The van der Waals surface area contributed by atoms with Gasteiger partial charge in [-0.1, -0.05) is 18.2 Å². The molecule has 0 aliphatic rings. The summed E-state index contributed by atoms with van der Waals surface area (Å²) in [6.07, 6.45) is 0.924. The van der Waals surface area contributed by atoms with Crippen LogP contribution in [-0.2, 0) is 13.3 Å². The molecule has 120 valence electrons. The van der Waals surface area contributed by atoms with Gasteiger partial charge in [-0.3, -0.25) is 0 Å². The van der Waals surface area contributed by atoms with Gasteiger partial charge >= 0.3 is 0 Å². The molecule has 0 heterocycles. The zero-order valence-corrected chi connectivity index (χ0v) is 18.6. The molecule has 0 fully saturated rings. The van der Waals surface area contributed by atoms with Crippen LogP contribution in [0.3, 0.4) is 0 Å². The normalized spacial score (nSPS) is 13.6. The molecule has 0 atom stereocenters. The molecule has 0 N–H and O–H groups in total. The van der Waals surface area contributed by atoms with Crippen molar-refractivity contribution in [3.05, 3.63) is 18.2 Å². The fourth-order valence-corrected chi connectivity index (χ4v) is 6.78. The van der Waals surface area contributed by atoms with Crippen LogP contribution >= 0.6 is 0 Å². The van der Waals surface area contributed by atoms with Crippen molar-refractivity contribution in [1.29, 1.82) is 0 Å². The van der Waals surface area contributed by atoms with Crippen molar-refractivity contribution in [3.8, 4) is 0 Å². The molecule has 1 aromatic rings. The highest BCUT2D eigenvalue weighted by atomic mass is 28.2. The molecule has 0 unspecified atom stereocenters. The standard InChI is InChI=1S/C15H30O3Si3/c1-10(2)16-19-13-8-7-9-14(20-17-11(3)4)15(13)21-18-12(5)6/h7-12H,19-21H2,1-6H3. The van der Waals surface area contributed by atoms with Crippen molar-refractivity contribution < 1.29 is 13.3 Å². The molecule has 1 rings (SSSR count). The van der Waals surface area contributed by atoms with Crippen LogP contribution in [0.15, 0.2) is 18.2 Å². The summed E-state index contributed by atoms with van der Waals surface area (Å²) in [5.41, 5.74) is 0. The molecular formula is C15H30O3Si3.